The molecule has 1 atom stereocenters. The van der Waals surface area contributed by atoms with E-state index in [9.17, 15) is 4.79 Å². The van der Waals surface area contributed by atoms with Crippen LogP contribution in [0.5, 0.6) is 0 Å². The van der Waals surface area contributed by atoms with E-state index >= 15 is 0 Å². The van der Waals surface area contributed by atoms with E-state index in [0.29, 0.717) is 0 Å². The van der Waals surface area contributed by atoms with Crippen molar-refractivity contribution in [2.24, 2.45) is 0 Å². The molecule has 0 aliphatic carbocycles. The molecule has 1 aromatic rings. The second kappa shape index (κ2) is 3.82. The highest BCUT2D eigenvalue weighted by Crippen LogP contribution is 2.27. The van der Waals surface area contributed by atoms with Gasteiger partial charge in [0, 0.05) is 5.56 Å². The Labute approximate surface area is 88.1 Å². The van der Waals surface area contributed by atoms with Gasteiger partial charge in [0.2, 0.25) is 0 Å². The molecule has 0 bridgehead atoms. The summed E-state index contributed by atoms with van der Waals surface area (Å²) in [7, 11) is 2.26. The van der Waals surface area contributed by atoms with Crippen molar-refractivity contribution in [1.29, 1.82) is 0 Å². The standard InChI is InChI=1S/C12H17OP/c1-6-7(2)9(4)11(12(13)14)10(5)8(6)3/h14H2,1-5H3. The van der Waals surface area contributed by atoms with Crippen LogP contribution >= 0.6 is 9.24 Å². The molecule has 76 valence electrons. The van der Waals surface area contributed by atoms with E-state index in [4.69, 9.17) is 0 Å². The van der Waals surface area contributed by atoms with Crippen molar-refractivity contribution in [3.63, 3.8) is 0 Å². The molecule has 0 saturated heterocycles. The van der Waals surface area contributed by atoms with Gasteiger partial charge in [-0.15, -0.1) is 0 Å². The molecule has 0 aromatic heterocycles. The molecule has 1 nitrogen and oxygen atoms in total. The van der Waals surface area contributed by atoms with Crippen LogP contribution in [0.1, 0.15) is 38.2 Å². The first-order valence-electron chi connectivity index (χ1n) is 4.74. The first-order valence-corrected chi connectivity index (χ1v) is 5.32. The van der Waals surface area contributed by atoms with Crippen LogP contribution in [-0.4, -0.2) is 5.52 Å². The Morgan fingerprint density at radius 1 is 0.786 bits per heavy atom. The molecule has 0 heterocycles. The number of hydrogen-bond donors (Lipinski definition) is 0. The number of rotatable bonds is 1. The molecule has 0 spiro atoms. The molecular weight excluding hydrogens is 191 g/mol. The van der Waals surface area contributed by atoms with Crippen LogP contribution in [0.25, 0.3) is 0 Å². The molecule has 0 aliphatic rings. The van der Waals surface area contributed by atoms with E-state index < -0.39 is 0 Å². The van der Waals surface area contributed by atoms with Crippen molar-refractivity contribution in [2.75, 3.05) is 0 Å². The second-order valence-corrected chi connectivity index (χ2v) is 4.39. The highest BCUT2D eigenvalue weighted by molar-refractivity contribution is 7.41. The topological polar surface area (TPSA) is 17.1 Å². The molecule has 0 saturated carbocycles. The van der Waals surface area contributed by atoms with E-state index in [1.165, 1.54) is 16.7 Å². The van der Waals surface area contributed by atoms with Gasteiger partial charge in [-0.25, -0.2) is 0 Å². The van der Waals surface area contributed by atoms with Crippen LogP contribution in [0.4, 0.5) is 0 Å². The predicted molar refractivity (Wildman–Crippen MR) is 64.2 cm³/mol. The van der Waals surface area contributed by atoms with Crippen LogP contribution in [0.15, 0.2) is 0 Å². The lowest BCUT2D eigenvalue weighted by Crippen LogP contribution is -2.04. The number of carbonyl (C=O) groups excluding carboxylic acids is 1. The lowest BCUT2D eigenvalue weighted by Gasteiger charge is -2.16. The number of benzene rings is 1. The van der Waals surface area contributed by atoms with Crippen molar-refractivity contribution >= 4 is 14.8 Å². The van der Waals surface area contributed by atoms with Crippen LogP contribution in [0.2, 0.25) is 0 Å². The van der Waals surface area contributed by atoms with E-state index in [0.717, 1.165) is 16.7 Å². The fourth-order valence-corrected chi connectivity index (χ4v) is 2.30. The summed E-state index contributed by atoms with van der Waals surface area (Å²) in [4.78, 5) is 11.5. The summed E-state index contributed by atoms with van der Waals surface area (Å²) in [5.74, 6) is 0. The molecule has 0 aliphatic heterocycles. The van der Waals surface area contributed by atoms with Gasteiger partial charge in [0.1, 0.15) is 0 Å². The van der Waals surface area contributed by atoms with E-state index in [1.54, 1.807) is 0 Å². The van der Waals surface area contributed by atoms with Crippen LogP contribution in [0, 0.1) is 34.6 Å². The monoisotopic (exact) mass is 208 g/mol. The van der Waals surface area contributed by atoms with Gasteiger partial charge in [-0.1, -0.05) is 9.24 Å². The lowest BCUT2D eigenvalue weighted by molar-refractivity contribution is 0.108. The molecule has 2 heteroatoms. The number of carbonyl (C=O) groups is 1. The third-order valence-corrected chi connectivity index (χ3v) is 3.54. The fraction of sp³-hybridized carbons (Fsp3) is 0.417. The quantitative estimate of drug-likeness (QED) is 0.647. The summed E-state index contributed by atoms with van der Waals surface area (Å²) >= 11 is 0. The second-order valence-electron chi connectivity index (χ2n) is 3.86. The van der Waals surface area contributed by atoms with Crippen LogP contribution in [-0.2, 0) is 0 Å². The molecular formula is C12H17OP. The van der Waals surface area contributed by atoms with Crippen molar-refractivity contribution in [3.8, 4) is 0 Å². The Morgan fingerprint density at radius 3 is 1.36 bits per heavy atom. The maximum absolute atomic E-state index is 11.5. The predicted octanol–water partition coefficient (Wildman–Crippen LogP) is 3.24. The summed E-state index contributed by atoms with van der Waals surface area (Å²) < 4.78 is 0. The van der Waals surface area contributed by atoms with Crippen molar-refractivity contribution in [1.82, 2.24) is 0 Å². The molecule has 1 unspecified atom stereocenters. The summed E-state index contributed by atoms with van der Waals surface area (Å²) in [6, 6.07) is 0. The summed E-state index contributed by atoms with van der Waals surface area (Å²) in [6.45, 7) is 10.3. The summed E-state index contributed by atoms with van der Waals surface area (Å²) in [6.07, 6.45) is 0. The molecule has 0 amide bonds. The Hall–Kier alpha value is -0.680. The van der Waals surface area contributed by atoms with E-state index in [2.05, 4.69) is 30.0 Å². The van der Waals surface area contributed by atoms with Crippen LogP contribution < -0.4 is 0 Å². The minimum absolute atomic E-state index is 0.0891. The van der Waals surface area contributed by atoms with Crippen molar-refractivity contribution in [3.05, 3.63) is 33.4 Å². The SMILES string of the molecule is Cc1c(C)c(C)c(C(=O)P)c(C)c1C. The third-order valence-electron chi connectivity index (χ3n) is 3.25. The van der Waals surface area contributed by atoms with Gasteiger partial charge in [-0.3, -0.25) is 4.79 Å². The maximum atomic E-state index is 11.5. The average Bonchev–Trinajstić information content (AvgIpc) is 2.11. The average molecular weight is 208 g/mol. The maximum Gasteiger partial charge on any atom is 0.178 e. The molecule has 0 N–H and O–H groups in total. The zero-order valence-electron chi connectivity index (χ0n) is 9.49. The van der Waals surface area contributed by atoms with Crippen molar-refractivity contribution < 1.29 is 4.79 Å². The third kappa shape index (κ3) is 1.62. The first-order chi connectivity index (χ1) is 6.37. The van der Waals surface area contributed by atoms with E-state index in [-0.39, 0.29) is 5.52 Å². The molecule has 0 radical (unpaired) electrons. The molecule has 1 aromatic carbocycles. The summed E-state index contributed by atoms with van der Waals surface area (Å²) in [5, 5.41) is 0. The smallest absolute Gasteiger partial charge is 0.178 e. The minimum atomic E-state index is 0.0891. The Kier molecular flexibility index (Phi) is 3.11. The van der Waals surface area contributed by atoms with Crippen LogP contribution in [0.3, 0.4) is 0 Å². The first kappa shape index (κ1) is 11.4. The van der Waals surface area contributed by atoms with Gasteiger partial charge in [0.25, 0.3) is 0 Å². The van der Waals surface area contributed by atoms with Gasteiger partial charge in [-0.05, 0) is 62.4 Å². The van der Waals surface area contributed by atoms with Gasteiger partial charge in [-0.2, -0.15) is 0 Å². The Bertz CT molecular complexity index is 376. The summed E-state index contributed by atoms with van der Waals surface area (Å²) in [5.41, 5.74) is 6.96. The van der Waals surface area contributed by atoms with Crippen molar-refractivity contribution in [2.45, 2.75) is 34.6 Å². The van der Waals surface area contributed by atoms with Gasteiger partial charge >= 0.3 is 0 Å². The minimum Gasteiger partial charge on any atom is -0.290 e. The zero-order chi connectivity index (χ0) is 11.0. The lowest BCUT2D eigenvalue weighted by atomic mass is 9.90. The molecule has 1 rings (SSSR count). The van der Waals surface area contributed by atoms with Gasteiger partial charge in [0.05, 0.1) is 0 Å². The zero-order valence-corrected chi connectivity index (χ0v) is 10.6. The Balaban J connectivity index is 3.68. The molecule has 14 heavy (non-hydrogen) atoms. The van der Waals surface area contributed by atoms with E-state index in [1.807, 2.05) is 13.8 Å². The largest absolute Gasteiger partial charge is 0.290 e. The fourth-order valence-electron chi connectivity index (χ4n) is 1.87. The molecule has 0 fully saturated rings. The van der Waals surface area contributed by atoms with Gasteiger partial charge in [0.15, 0.2) is 5.52 Å². The van der Waals surface area contributed by atoms with Gasteiger partial charge < -0.3 is 0 Å². The highest BCUT2D eigenvalue weighted by atomic mass is 31.0. The normalized spacial score (nSPS) is 10.4. The number of hydrogen-bond acceptors (Lipinski definition) is 1. The highest BCUT2D eigenvalue weighted by Gasteiger charge is 2.14. The Morgan fingerprint density at radius 2 is 1.07 bits per heavy atom.